The topological polar surface area (TPSA) is 40.5 Å². The molecule has 2 rings (SSSR count). The fraction of sp³-hybridized carbons (Fsp3) is 0.500. The van der Waals surface area contributed by atoms with Crippen LogP contribution in [-0.4, -0.2) is 41.8 Å². The van der Waals surface area contributed by atoms with E-state index < -0.39 is 24.6 Å². The van der Waals surface area contributed by atoms with Gasteiger partial charge in [0.1, 0.15) is 0 Å². The van der Waals surface area contributed by atoms with Gasteiger partial charge in [-0.15, -0.1) is 0 Å². The first kappa shape index (κ1) is 16.1. The van der Waals surface area contributed by atoms with E-state index in [1.807, 2.05) is 0 Å². The Morgan fingerprint density at radius 2 is 1.95 bits per heavy atom. The van der Waals surface area contributed by atoms with Gasteiger partial charge in [-0.25, -0.2) is 0 Å². The molecule has 1 heterocycles. The lowest BCUT2D eigenvalue weighted by Crippen LogP contribution is -2.46. The zero-order valence-corrected chi connectivity index (χ0v) is 11.9. The summed E-state index contributed by atoms with van der Waals surface area (Å²) in [5, 5.41) is 9.85. The van der Waals surface area contributed by atoms with E-state index in [0.29, 0.717) is 11.4 Å². The zero-order chi connectivity index (χ0) is 15.6. The molecule has 2 atom stereocenters. The monoisotopic (exact) mass is 321 g/mol. The van der Waals surface area contributed by atoms with E-state index >= 15 is 0 Å². The molecule has 21 heavy (non-hydrogen) atoms. The Bertz CT molecular complexity index is 504. The van der Waals surface area contributed by atoms with Gasteiger partial charge in [-0.2, -0.15) is 13.2 Å². The summed E-state index contributed by atoms with van der Waals surface area (Å²) in [7, 11) is 0. The number of likely N-dealkylation sites (tertiary alicyclic amines) is 1. The van der Waals surface area contributed by atoms with Crippen molar-refractivity contribution < 1.29 is 23.1 Å². The van der Waals surface area contributed by atoms with Crippen molar-refractivity contribution in [2.75, 3.05) is 19.6 Å². The van der Waals surface area contributed by atoms with Crippen LogP contribution in [0.2, 0.25) is 5.02 Å². The summed E-state index contributed by atoms with van der Waals surface area (Å²) in [4.78, 5) is 12.5. The average molecular weight is 322 g/mol. The molecule has 1 aromatic rings. The van der Waals surface area contributed by atoms with Crippen molar-refractivity contribution in [2.24, 2.45) is 5.92 Å². The molecule has 0 amide bonds. The number of carboxylic acid groups (broad SMARTS) is 1. The van der Waals surface area contributed by atoms with Gasteiger partial charge in [0.05, 0.1) is 12.5 Å². The van der Waals surface area contributed by atoms with Crippen molar-refractivity contribution in [2.45, 2.75) is 18.5 Å². The van der Waals surface area contributed by atoms with Crippen molar-refractivity contribution >= 4 is 17.6 Å². The number of carbonyl (C=O) groups is 1. The van der Waals surface area contributed by atoms with Crippen LogP contribution < -0.4 is 0 Å². The molecule has 0 aliphatic carbocycles. The molecule has 0 aromatic heterocycles. The van der Waals surface area contributed by atoms with Gasteiger partial charge in [0, 0.05) is 11.6 Å². The Morgan fingerprint density at radius 1 is 1.33 bits per heavy atom. The Hall–Kier alpha value is -1.27. The maximum Gasteiger partial charge on any atom is 0.401 e. The summed E-state index contributed by atoms with van der Waals surface area (Å²) < 4.78 is 37.3. The van der Waals surface area contributed by atoms with Gasteiger partial charge in [-0.05, 0) is 36.6 Å². The van der Waals surface area contributed by atoms with E-state index in [4.69, 9.17) is 11.6 Å². The van der Waals surface area contributed by atoms with Gasteiger partial charge in [0.15, 0.2) is 0 Å². The van der Waals surface area contributed by atoms with Crippen molar-refractivity contribution in [3.05, 3.63) is 34.9 Å². The molecule has 116 valence electrons. The highest BCUT2D eigenvalue weighted by Gasteiger charge is 2.39. The van der Waals surface area contributed by atoms with E-state index in [2.05, 4.69) is 0 Å². The summed E-state index contributed by atoms with van der Waals surface area (Å²) >= 11 is 5.80. The molecule has 1 aliphatic heterocycles. The smallest absolute Gasteiger partial charge is 0.401 e. The first-order valence-corrected chi connectivity index (χ1v) is 6.91. The summed E-state index contributed by atoms with van der Waals surface area (Å²) in [6, 6.07) is 6.81. The second-order valence-electron chi connectivity index (χ2n) is 5.24. The minimum absolute atomic E-state index is 0.0951. The number of rotatable bonds is 3. The third kappa shape index (κ3) is 4.35. The van der Waals surface area contributed by atoms with Crippen LogP contribution in [0.5, 0.6) is 0 Å². The lowest BCUT2D eigenvalue weighted by Gasteiger charge is -2.37. The minimum Gasteiger partial charge on any atom is -0.481 e. The number of alkyl halides is 3. The highest BCUT2D eigenvalue weighted by molar-refractivity contribution is 6.30. The van der Waals surface area contributed by atoms with E-state index in [1.165, 1.54) is 0 Å². The summed E-state index contributed by atoms with van der Waals surface area (Å²) in [5.74, 6) is -2.20. The molecular formula is C14H15ClF3NO2. The Morgan fingerprint density at radius 3 is 2.48 bits per heavy atom. The first-order valence-electron chi connectivity index (χ1n) is 6.53. The molecule has 3 nitrogen and oxygen atoms in total. The van der Waals surface area contributed by atoms with Crippen LogP contribution in [0.4, 0.5) is 13.2 Å². The van der Waals surface area contributed by atoms with Crippen LogP contribution in [0.25, 0.3) is 0 Å². The highest BCUT2D eigenvalue weighted by atomic mass is 35.5. The molecule has 7 heteroatoms. The van der Waals surface area contributed by atoms with Gasteiger partial charge in [-0.1, -0.05) is 23.7 Å². The lowest BCUT2D eigenvalue weighted by atomic mass is 9.80. The van der Waals surface area contributed by atoms with Crippen molar-refractivity contribution in [3.63, 3.8) is 0 Å². The maximum atomic E-state index is 12.4. The summed E-state index contributed by atoms with van der Waals surface area (Å²) in [5.41, 5.74) is 0.804. The Balaban J connectivity index is 2.13. The van der Waals surface area contributed by atoms with Crippen LogP contribution in [0.15, 0.2) is 24.3 Å². The third-order valence-electron chi connectivity index (χ3n) is 3.72. The normalized spacial score (nSPS) is 24.0. The molecule has 0 saturated carbocycles. The predicted molar refractivity (Wildman–Crippen MR) is 72.4 cm³/mol. The van der Waals surface area contributed by atoms with E-state index in [9.17, 15) is 23.1 Å². The maximum absolute atomic E-state index is 12.4. The number of carboxylic acids is 1. The molecule has 1 aromatic carbocycles. The summed E-state index contributed by atoms with van der Waals surface area (Å²) in [6.45, 7) is -0.928. The lowest BCUT2D eigenvalue weighted by molar-refractivity contribution is -0.158. The second kappa shape index (κ2) is 6.23. The Labute approximate surface area is 125 Å². The second-order valence-corrected chi connectivity index (χ2v) is 5.68. The van der Waals surface area contributed by atoms with Crippen molar-refractivity contribution in [1.82, 2.24) is 4.90 Å². The standard InChI is InChI=1S/C14H15ClF3NO2/c15-10-3-1-9(2-4-10)11-5-6-19(8-14(16,17)18)7-12(11)13(20)21/h1-4,11-12H,5-8H2,(H,20,21). The van der Waals surface area contributed by atoms with Gasteiger partial charge in [0.25, 0.3) is 0 Å². The van der Waals surface area contributed by atoms with Gasteiger partial charge < -0.3 is 5.11 Å². The first-order chi connectivity index (χ1) is 9.76. The SMILES string of the molecule is O=C(O)C1CN(CC(F)(F)F)CCC1c1ccc(Cl)cc1. The third-order valence-corrected chi connectivity index (χ3v) is 3.97. The van der Waals surface area contributed by atoms with Crippen LogP contribution >= 0.6 is 11.6 Å². The van der Waals surface area contributed by atoms with Gasteiger partial charge in [0.2, 0.25) is 0 Å². The molecule has 2 unspecified atom stereocenters. The molecule has 1 N–H and O–H groups in total. The van der Waals surface area contributed by atoms with Gasteiger partial charge >= 0.3 is 12.1 Å². The molecule has 0 bridgehead atoms. The van der Waals surface area contributed by atoms with Crippen molar-refractivity contribution in [1.29, 1.82) is 0 Å². The Kier molecular flexibility index (Phi) is 4.78. The quantitative estimate of drug-likeness (QED) is 0.927. The van der Waals surface area contributed by atoms with E-state index in [-0.39, 0.29) is 19.0 Å². The van der Waals surface area contributed by atoms with Crippen molar-refractivity contribution in [3.8, 4) is 0 Å². The molecule has 1 aliphatic rings. The highest BCUT2D eigenvalue weighted by Crippen LogP contribution is 2.34. The molecule has 1 fully saturated rings. The molecule has 0 spiro atoms. The number of hydrogen-bond acceptors (Lipinski definition) is 2. The molecule has 0 radical (unpaired) electrons. The van der Waals surface area contributed by atoms with Crippen LogP contribution in [0, 0.1) is 5.92 Å². The van der Waals surface area contributed by atoms with Crippen LogP contribution in [0.3, 0.4) is 0 Å². The van der Waals surface area contributed by atoms with E-state index in [0.717, 1.165) is 10.5 Å². The van der Waals surface area contributed by atoms with E-state index in [1.54, 1.807) is 24.3 Å². The number of aliphatic carboxylic acids is 1. The minimum atomic E-state index is -4.31. The van der Waals surface area contributed by atoms with Gasteiger partial charge in [-0.3, -0.25) is 9.69 Å². The number of piperidine rings is 1. The molecule has 1 saturated heterocycles. The number of hydrogen-bond donors (Lipinski definition) is 1. The fourth-order valence-electron chi connectivity index (χ4n) is 2.78. The summed E-state index contributed by atoms with van der Waals surface area (Å²) in [6.07, 6.45) is -3.93. The average Bonchev–Trinajstić information content (AvgIpc) is 2.38. The number of benzene rings is 1. The predicted octanol–water partition coefficient (Wildman–Crippen LogP) is 3.39. The van der Waals surface area contributed by atoms with Crippen LogP contribution in [-0.2, 0) is 4.79 Å². The van der Waals surface area contributed by atoms with Crippen LogP contribution in [0.1, 0.15) is 17.9 Å². The fourth-order valence-corrected chi connectivity index (χ4v) is 2.90. The zero-order valence-electron chi connectivity index (χ0n) is 11.1. The largest absolute Gasteiger partial charge is 0.481 e. The molecular weight excluding hydrogens is 307 g/mol. The number of nitrogens with zero attached hydrogens (tertiary/aromatic N) is 1. The number of halogens is 4.